The molecule has 0 saturated heterocycles. The highest BCUT2D eigenvalue weighted by Gasteiger charge is 2.18. The lowest BCUT2D eigenvalue weighted by Crippen LogP contribution is -2.36. The SMILES string of the molecule is CC(CS(C)=O)NC(=O)c1cn2c(n1)NCCC2. The Bertz CT molecular complexity index is 448. The quantitative estimate of drug-likeness (QED) is 0.819. The summed E-state index contributed by atoms with van der Waals surface area (Å²) >= 11 is 0. The van der Waals surface area contributed by atoms with Crippen LogP contribution in [0.5, 0.6) is 0 Å². The molecular formula is C11H18N4O2S. The summed E-state index contributed by atoms with van der Waals surface area (Å²) in [6, 6.07) is -0.116. The van der Waals surface area contributed by atoms with E-state index in [2.05, 4.69) is 15.6 Å². The second kappa shape index (κ2) is 5.51. The lowest BCUT2D eigenvalue weighted by atomic mass is 10.3. The highest BCUT2D eigenvalue weighted by Crippen LogP contribution is 2.13. The Morgan fingerprint density at radius 1 is 1.72 bits per heavy atom. The van der Waals surface area contributed by atoms with Crippen molar-refractivity contribution in [3.8, 4) is 0 Å². The molecule has 2 atom stereocenters. The van der Waals surface area contributed by atoms with E-state index < -0.39 is 10.8 Å². The summed E-state index contributed by atoms with van der Waals surface area (Å²) in [6.45, 7) is 3.62. The Hall–Kier alpha value is -1.37. The number of hydrogen-bond acceptors (Lipinski definition) is 4. The first kappa shape index (κ1) is 13.1. The standard InChI is InChI=1S/C11H18N4O2S/c1-8(7-18(2)17)13-10(16)9-6-15-5-3-4-12-11(15)14-9/h6,8H,3-5,7H2,1-2H3,(H,12,14)(H,13,16). The number of imidazole rings is 1. The number of carbonyl (C=O) groups is 1. The number of nitrogens with one attached hydrogen (secondary N) is 2. The smallest absolute Gasteiger partial charge is 0.271 e. The molecule has 0 spiro atoms. The topological polar surface area (TPSA) is 76.0 Å². The molecule has 2 heterocycles. The number of aromatic nitrogens is 2. The molecule has 1 aromatic heterocycles. The van der Waals surface area contributed by atoms with Gasteiger partial charge in [-0.15, -0.1) is 0 Å². The summed E-state index contributed by atoms with van der Waals surface area (Å²) in [5.74, 6) is 0.993. The van der Waals surface area contributed by atoms with Gasteiger partial charge in [0, 0.05) is 48.1 Å². The van der Waals surface area contributed by atoms with Crippen molar-refractivity contribution in [3.05, 3.63) is 11.9 Å². The van der Waals surface area contributed by atoms with Crippen molar-refractivity contribution in [2.45, 2.75) is 25.9 Å². The van der Waals surface area contributed by atoms with Gasteiger partial charge >= 0.3 is 0 Å². The van der Waals surface area contributed by atoms with Crippen LogP contribution >= 0.6 is 0 Å². The van der Waals surface area contributed by atoms with E-state index in [-0.39, 0.29) is 11.9 Å². The van der Waals surface area contributed by atoms with Crippen LogP contribution in [0.25, 0.3) is 0 Å². The van der Waals surface area contributed by atoms with E-state index >= 15 is 0 Å². The predicted molar refractivity (Wildman–Crippen MR) is 71.2 cm³/mol. The van der Waals surface area contributed by atoms with Crippen molar-refractivity contribution in [2.75, 3.05) is 23.9 Å². The first-order valence-electron chi connectivity index (χ1n) is 5.98. The number of amides is 1. The lowest BCUT2D eigenvalue weighted by molar-refractivity contribution is 0.0939. The summed E-state index contributed by atoms with van der Waals surface area (Å²) in [5, 5.41) is 5.95. The highest BCUT2D eigenvalue weighted by atomic mass is 32.2. The minimum absolute atomic E-state index is 0.116. The number of nitrogens with zero attached hydrogens (tertiary/aromatic N) is 2. The van der Waals surface area contributed by atoms with Crippen LogP contribution in [0.4, 0.5) is 5.95 Å². The van der Waals surface area contributed by atoms with Gasteiger partial charge in [-0.1, -0.05) is 0 Å². The third-order valence-corrected chi connectivity index (χ3v) is 3.70. The summed E-state index contributed by atoms with van der Waals surface area (Å²) in [5.41, 5.74) is 0.410. The zero-order valence-corrected chi connectivity index (χ0v) is 11.4. The van der Waals surface area contributed by atoms with Crippen molar-refractivity contribution >= 4 is 22.7 Å². The van der Waals surface area contributed by atoms with Crippen molar-refractivity contribution in [2.24, 2.45) is 0 Å². The van der Waals surface area contributed by atoms with Crippen molar-refractivity contribution in [1.29, 1.82) is 0 Å². The van der Waals surface area contributed by atoms with Gasteiger partial charge in [0.05, 0.1) is 0 Å². The fraction of sp³-hybridized carbons (Fsp3) is 0.636. The molecule has 1 aliphatic heterocycles. The molecule has 1 amide bonds. The molecule has 0 bridgehead atoms. The molecule has 2 rings (SSSR count). The van der Waals surface area contributed by atoms with Gasteiger partial charge in [0.25, 0.3) is 5.91 Å². The minimum Gasteiger partial charge on any atom is -0.356 e. The summed E-state index contributed by atoms with van der Waals surface area (Å²) in [7, 11) is -0.914. The zero-order valence-electron chi connectivity index (χ0n) is 10.6. The van der Waals surface area contributed by atoms with E-state index in [1.54, 1.807) is 12.5 Å². The Kier molecular flexibility index (Phi) is 4.00. The Balaban J connectivity index is 2.00. The summed E-state index contributed by atoms with van der Waals surface area (Å²) in [6.07, 6.45) is 4.42. The molecule has 2 unspecified atom stereocenters. The zero-order chi connectivity index (χ0) is 13.1. The molecule has 2 N–H and O–H groups in total. The van der Waals surface area contributed by atoms with Crippen LogP contribution in [0.3, 0.4) is 0 Å². The van der Waals surface area contributed by atoms with Crippen LogP contribution in [0.1, 0.15) is 23.8 Å². The van der Waals surface area contributed by atoms with E-state index in [0.717, 1.165) is 25.5 Å². The number of hydrogen-bond donors (Lipinski definition) is 2. The molecule has 0 saturated carbocycles. The van der Waals surface area contributed by atoms with Gasteiger partial charge in [-0.2, -0.15) is 0 Å². The van der Waals surface area contributed by atoms with Gasteiger partial charge in [-0.3, -0.25) is 9.00 Å². The van der Waals surface area contributed by atoms with E-state index in [4.69, 9.17) is 0 Å². The molecule has 6 nitrogen and oxygen atoms in total. The van der Waals surface area contributed by atoms with Gasteiger partial charge in [0.15, 0.2) is 0 Å². The Morgan fingerprint density at radius 3 is 3.17 bits per heavy atom. The number of carbonyl (C=O) groups excluding carboxylic acids is 1. The van der Waals surface area contributed by atoms with Crippen molar-refractivity contribution < 1.29 is 9.00 Å². The third kappa shape index (κ3) is 3.10. The van der Waals surface area contributed by atoms with Crippen molar-refractivity contribution in [3.63, 3.8) is 0 Å². The van der Waals surface area contributed by atoms with E-state index in [1.165, 1.54) is 0 Å². The van der Waals surface area contributed by atoms with Crippen LogP contribution in [-0.4, -0.2) is 44.3 Å². The average molecular weight is 270 g/mol. The van der Waals surface area contributed by atoms with E-state index in [9.17, 15) is 9.00 Å². The summed E-state index contributed by atoms with van der Waals surface area (Å²) in [4.78, 5) is 16.2. The second-order valence-corrected chi connectivity index (χ2v) is 6.02. The van der Waals surface area contributed by atoms with Gasteiger partial charge < -0.3 is 15.2 Å². The minimum atomic E-state index is -0.914. The van der Waals surface area contributed by atoms with E-state index in [1.807, 2.05) is 11.5 Å². The highest BCUT2D eigenvalue weighted by molar-refractivity contribution is 7.84. The van der Waals surface area contributed by atoms with Gasteiger partial charge in [-0.25, -0.2) is 4.98 Å². The monoisotopic (exact) mass is 270 g/mol. The van der Waals surface area contributed by atoms with Gasteiger partial charge in [-0.05, 0) is 13.3 Å². The molecule has 100 valence electrons. The number of aryl methyl sites for hydroxylation is 1. The average Bonchev–Trinajstić information content (AvgIpc) is 2.71. The molecule has 0 aliphatic carbocycles. The first-order valence-corrected chi connectivity index (χ1v) is 7.71. The number of anilines is 1. The molecule has 0 fully saturated rings. The van der Waals surface area contributed by atoms with Crippen molar-refractivity contribution in [1.82, 2.24) is 14.9 Å². The molecule has 7 heteroatoms. The van der Waals surface area contributed by atoms with Crippen LogP contribution in [0, 0.1) is 0 Å². The second-order valence-electron chi connectivity index (χ2n) is 4.54. The predicted octanol–water partition coefficient (Wildman–Crippen LogP) is 0.195. The molecule has 0 radical (unpaired) electrons. The van der Waals surface area contributed by atoms with Gasteiger partial charge in [0.1, 0.15) is 5.69 Å². The van der Waals surface area contributed by atoms with E-state index in [0.29, 0.717) is 11.4 Å². The molecular weight excluding hydrogens is 252 g/mol. The van der Waals surface area contributed by atoms with Crippen LogP contribution in [0.2, 0.25) is 0 Å². The summed E-state index contributed by atoms with van der Waals surface area (Å²) < 4.78 is 13.0. The maximum Gasteiger partial charge on any atom is 0.271 e. The maximum atomic E-state index is 11.9. The molecule has 0 aromatic carbocycles. The first-order chi connectivity index (χ1) is 8.56. The molecule has 1 aromatic rings. The third-order valence-electron chi connectivity index (χ3n) is 2.73. The largest absolute Gasteiger partial charge is 0.356 e. The Morgan fingerprint density at radius 2 is 2.50 bits per heavy atom. The lowest BCUT2D eigenvalue weighted by Gasteiger charge is -2.14. The Labute approximate surface area is 109 Å². The molecule has 1 aliphatic rings. The number of rotatable bonds is 4. The van der Waals surface area contributed by atoms with Crippen LogP contribution in [-0.2, 0) is 17.3 Å². The number of fused-ring (bicyclic) bond motifs is 1. The fourth-order valence-corrected chi connectivity index (χ4v) is 2.77. The fourth-order valence-electron chi connectivity index (χ4n) is 1.98. The van der Waals surface area contributed by atoms with Crippen LogP contribution in [0.15, 0.2) is 6.20 Å². The maximum absolute atomic E-state index is 11.9. The molecule has 18 heavy (non-hydrogen) atoms. The normalized spacial score (nSPS) is 17.4. The van der Waals surface area contributed by atoms with Gasteiger partial charge in [0.2, 0.25) is 5.95 Å². The van der Waals surface area contributed by atoms with Crippen LogP contribution < -0.4 is 10.6 Å².